The number of benzene rings is 1. The number of rotatable bonds is 3. The highest BCUT2D eigenvalue weighted by molar-refractivity contribution is 5.54. The molecule has 0 spiro atoms. The summed E-state index contributed by atoms with van der Waals surface area (Å²) < 4.78 is 11.3. The summed E-state index contributed by atoms with van der Waals surface area (Å²) in [4.78, 5) is 0. The normalized spacial score (nSPS) is 24.5. The molecule has 0 aliphatic carbocycles. The van der Waals surface area contributed by atoms with Gasteiger partial charge in [-0.2, -0.15) is 0 Å². The van der Waals surface area contributed by atoms with Gasteiger partial charge in [0.2, 0.25) is 0 Å². The molecule has 2 aliphatic rings. The fourth-order valence-electron chi connectivity index (χ4n) is 2.85. The Hall–Kier alpha value is -1.26. The molecule has 19 heavy (non-hydrogen) atoms. The number of hydrogen-bond donors (Lipinski definition) is 2. The summed E-state index contributed by atoms with van der Waals surface area (Å²) in [5.74, 6) is 1.45. The first-order valence-corrected chi connectivity index (χ1v) is 7.17. The maximum absolute atomic E-state index is 6.02. The minimum absolute atomic E-state index is 0.158. The topological polar surface area (TPSA) is 56.5 Å². The van der Waals surface area contributed by atoms with Gasteiger partial charge in [-0.15, -0.1) is 0 Å². The number of nitrogens with one attached hydrogen (secondary N) is 1. The maximum atomic E-state index is 6.02. The molecule has 3 rings (SSSR count). The van der Waals surface area contributed by atoms with Crippen LogP contribution in [-0.2, 0) is 4.74 Å². The van der Waals surface area contributed by atoms with Crippen molar-refractivity contribution in [3.63, 3.8) is 0 Å². The van der Waals surface area contributed by atoms with Gasteiger partial charge in [0.05, 0.1) is 18.9 Å². The fourth-order valence-corrected chi connectivity index (χ4v) is 2.85. The predicted octanol–water partition coefficient (Wildman–Crippen LogP) is 1.90. The molecular weight excluding hydrogens is 240 g/mol. The summed E-state index contributed by atoms with van der Waals surface area (Å²) in [6.07, 6.45) is 3.49. The van der Waals surface area contributed by atoms with E-state index in [0.717, 1.165) is 37.6 Å². The van der Waals surface area contributed by atoms with E-state index in [2.05, 4.69) is 17.4 Å². The number of anilines is 1. The third-order valence-corrected chi connectivity index (χ3v) is 4.03. The van der Waals surface area contributed by atoms with Crippen molar-refractivity contribution in [2.24, 2.45) is 0 Å². The average Bonchev–Trinajstić information content (AvgIpc) is 2.95. The highest BCUT2D eigenvalue weighted by Gasteiger charge is 2.20. The lowest BCUT2D eigenvalue weighted by Gasteiger charge is -2.24. The largest absolute Gasteiger partial charge is 0.486 e. The Bertz CT molecular complexity index is 424. The van der Waals surface area contributed by atoms with Gasteiger partial charge < -0.3 is 20.5 Å². The minimum Gasteiger partial charge on any atom is -0.486 e. The smallest absolute Gasteiger partial charge is 0.143 e. The van der Waals surface area contributed by atoms with E-state index >= 15 is 0 Å². The molecule has 1 unspecified atom stereocenters. The molecule has 0 bridgehead atoms. The summed E-state index contributed by atoms with van der Waals surface area (Å²) in [5, 5.41) is 3.40. The van der Waals surface area contributed by atoms with Crippen LogP contribution in [0.5, 0.6) is 5.75 Å². The van der Waals surface area contributed by atoms with E-state index in [1.165, 1.54) is 18.4 Å². The van der Waals surface area contributed by atoms with Gasteiger partial charge >= 0.3 is 0 Å². The number of nitrogens with two attached hydrogens (primary N) is 1. The molecule has 4 heteroatoms. The van der Waals surface area contributed by atoms with Gasteiger partial charge in [0.1, 0.15) is 11.9 Å². The number of piperidine rings is 1. The molecule has 0 radical (unpaired) electrons. The first-order valence-electron chi connectivity index (χ1n) is 7.17. The van der Waals surface area contributed by atoms with E-state index < -0.39 is 0 Å². The number of nitrogen functional groups attached to an aromatic ring is 1. The standard InChI is InChI=1S/C15H22N2O2/c16-14-2-1-12(11-3-6-17-7-4-11)9-15(14)19-13-5-8-18-10-13/h1-2,9,11,13,17H,3-8,10,16H2. The van der Waals surface area contributed by atoms with Crippen LogP contribution in [0.1, 0.15) is 30.7 Å². The van der Waals surface area contributed by atoms with Crippen molar-refractivity contribution in [3.8, 4) is 5.75 Å². The first kappa shape index (κ1) is 12.8. The highest BCUT2D eigenvalue weighted by atomic mass is 16.5. The van der Waals surface area contributed by atoms with E-state index in [1.807, 2.05) is 6.07 Å². The quantitative estimate of drug-likeness (QED) is 0.817. The van der Waals surface area contributed by atoms with Crippen molar-refractivity contribution in [1.82, 2.24) is 5.32 Å². The van der Waals surface area contributed by atoms with Crippen LogP contribution in [0.2, 0.25) is 0 Å². The van der Waals surface area contributed by atoms with E-state index in [-0.39, 0.29) is 6.10 Å². The van der Waals surface area contributed by atoms with Crippen molar-refractivity contribution in [2.75, 3.05) is 32.0 Å². The molecule has 0 aromatic heterocycles. The molecule has 1 aromatic carbocycles. The molecular formula is C15H22N2O2. The molecule has 2 heterocycles. The predicted molar refractivity (Wildman–Crippen MR) is 75.6 cm³/mol. The van der Waals surface area contributed by atoms with Crippen LogP contribution in [0.3, 0.4) is 0 Å². The molecule has 4 nitrogen and oxygen atoms in total. The zero-order valence-electron chi connectivity index (χ0n) is 11.2. The third kappa shape index (κ3) is 3.01. The van der Waals surface area contributed by atoms with E-state index in [1.54, 1.807) is 0 Å². The van der Waals surface area contributed by atoms with Gasteiger partial charge in [0.15, 0.2) is 0 Å². The lowest BCUT2D eigenvalue weighted by Crippen LogP contribution is -2.26. The van der Waals surface area contributed by atoms with Crippen molar-refractivity contribution in [1.29, 1.82) is 0 Å². The second-order valence-corrected chi connectivity index (χ2v) is 5.42. The molecule has 2 aliphatic heterocycles. The van der Waals surface area contributed by atoms with Gasteiger partial charge in [0, 0.05) is 6.42 Å². The zero-order valence-corrected chi connectivity index (χ0v) is 11.2. The Morgan fingerprint density at radius 3 is 2.79 bits per heavy atom. The molecule has 0 amide bonds. The summed E-state index contributed by atoms with van der Waals surface area (Å²) in [6.45, 7) is 3.67. The lowest BCUT2D eigenvalue weighted by atomic mass is 9.90. The molecule has 3 N–H and O–H groups in total. The van der Waals surface area contributed by atoms with Crippen molar-refractivity contribution < 1.29 is 9.47 Å². The third-order valence-electron chi connectivity index (χ3n) is 4.03. The number of ether oxygens (including phenoxy) is 2. The van der Waals surface area contributed by atoms with Gasteiger partial charge in [-0.1, -0.05) is 6.07 Å². The molecule has 1 aromatic rings. The van der Waals surface area contributed by atoms with Crippen LogP contribution < -0.4 is 15.8 Å². The average molecular weight is 262 g/mol. The second kappa shape index (κ2) is 5.80. The van der Waals surface area contributed by atoms with E-state index in [0.29, 0.717) is 12.5 Å². The van der Waals surface area contributed by atoms with Crippen LogP contribution in [0, 0.1) is 0 Å². The Balaban J connectivity index is 1.74. The highest BCUT2D eigenvalue weighted by Crippen LogP contribution is 2.32. The van der Waals surface area contributed by atoms with Gasteiger partial charge in [-0.05, 0) is 49.5 Å². The van der Waals surface area contributed by atoms with Crippen LogP contribution in [0.4, 0.5) is 5.69 Å². The minimum atomic E-state index is 0.158. The Morgan fingerprint density at radius 2 is 2.05 bits per heavy atom. The van der Waals surface area contributed by atoms with Crippen molar-refractivity contribution >= 4 is 5.69 Å². The van der Waals surface area contributed by atoms with Crippen molar-refractivity contribution in [2.45, 2.75) is 31.3 Å². The summed E-state index contributed by atoms with van der Waals surface area (Å²) in [6, 6.07) is 6.25. The molecule has 2 saturated heterocycles. The van der Waals surface area contributed by atoms with E-state index in [9.17, 15) is 0 Å². The summed E-state index contributed by atoms with van der Waals surface area (Å²) in [5.41, 5.74) is 8.10. The Morgan fingerprint density at radius 1 is 1.21 bits per heavy atom. The van der Waals surface area contributed by atoms with Gasteiger partial charge in [-0.3, -0.25) is 0 Å². The Labute approximate surface area is 114 Å². The van der Waals surface area contributed by atoms with Crippen LogP contribution >= 0.6 is 0 Å². The zero-order chi connectivity index (χ0) is 13.1. The Kier molecular flexibility index (Phi) is 3.89. The molecule has 0 saturated carbocycles. The van der Waals surface area contributed by atoms with Gasteiger partial charge in [-0.25, -0.2) is 0 Å². The monoisotopic (exact) mass is 262 g/mol. The van der Waals surface area contributed by atoms with Crippen LogP contribution in [0.15, 0.2) is 18.2 Å². The fraction of sp³-hybridized carbons (Fsp3) is 0.600. The van der Waals surface area contributed by atoms with Crippen LogP contribution in [-0.4, -0.2) is 32.4 Å². The molecule has 104 valence electrons. The van der Waals surface area contributed by atoms with Crippen molar-refractivity contribution in [3.05, 3.63) is 23.8 Å². The number of hydrogen-bond acceptors (Lipinski definition) is 4. The molecule has 2 fully saturated rings. The molecule has 1 atom stereocenters. The second-order valence-electron chi connectivity index (χ2n) is 5.42. The summed E-state index contributed by atoms with van der Waals surface area (Å²) in [7, 11) is 0. The lowest BCUT2D eigenvalue weighted by molar-refractivity contribution is 0.142. The maximum Gasteiger partial charge on any atom is 0.143 e. The first-order chi connectivity index (χ1) is 9.33. The van der Waals surface area contributed by atoms with Gasteiger partial charge in [0.25, 0.3) is 0 Å². The SMILES string of the molecule is Nc1ccc(C2CCNCC2)cc1OC1CCOC1. The van der Waals surface area contributed by atoms with E-state index in [4.69, 9.17) is 15.2 Å². The summed E-state index contributed by atoms with van der Waals surface area (Å²) >= 11 is 0. The van der Waals surface area contributed by atoms with Crippen LogP contribution in [0.25, 0.3) is 0 Å².